The minimum Gasteiger partial charge on any atom is -0.450 e. The van der Waals surface area contributed by atoms with E-state index in [-0.39, 0.29) is 62.2 Å². The van der Waals surface area contributed by atoms with Crippen molar-refractivity contribution < 1.29 is 62.1 Å². The smallest absolute Gasteiger partial charge is 0.437 e. The van der Waals surface area contributed by atoms with E-state index in [1.54, 1.807) is 90.1 Å². The molecule has 3 heterocycles. The predicted octanol–water partition coefficient (Wildman–Crippen LogP) is 7.23. The molecule has 80 heavy (non-hydrogen) atoms. The molecule has 0 bridgehead atoms. The normalized spacial score (nSPS) is 16.2. The number of nitrogens with zero attached hydrogens (tertiary/aromatic N) is 8. The van der Waals surface area contributed by atoms with E-state index in [9.17, 15) is 33.6 Å². The molecule has 2 aromatic carbocycles. The lowest BCUT2D eigenvalue weighted by atomic mass is 9.98. The van der Waals surface area contributed by atoms with Gasteiger partial charge in [-0.2, -0.15) is 15.0 Å². The number of benzene rings is 2. The van der Waals surface area contributed by atoms with Crippen molar-refractivity contribution in [3.05, 3.63) is 94.8 Å². The Morgan fingerprint density at radius 1 is 0.825 bits per heavy atom. The molecule has 4 aromatic rings. The van der Waals surface area contributed by atoms with Gasteiger partial charge in [-0.15, -0.1) is 16.3 Å². The second-order valence-corrected chi connectivity index (χ2v) is 23.8. The first-order valence-electron chi connectivity index (χ1n) is 25.9. The number of ether oxygens (including phenoxy) is 5. The number of hydrogen-bond donors (Lipinski definition) is 4. The lowest BCUT2D eigenvalue weighted by Gasteiger charge is -2.36. The van der Waals surface area contributed by atoms with Gasteiger partial charge in [-0.05, 0) is 101 Å². The number of carbonyl (C=O) groups excluding carboxylic acids is 7. The van der Waals surface area contributed by atoms with Gasteiger partial charge in [-0.25, -0.2) is 33.9 Å². The summed E-state index contributed by atoms with van der Waals surface area (Å²) in [5, 5.41) is 25.3. The highest BCUT2D eigenvalue weighted by molar-refractivity contribution is 7.14. The molecular formula is C54H72N12O13S. The Kier molecular flexibility index (Phi) is 19.3. The van der Waals surface area contributed by atoms with Gasteiger partial charge < -0.3 is 49.4 Å². The fourth-order valence-corrected chi connectivity index (χ4v) is 8.10. The molecule has 1 saturated carbocycles. The molecule has 0 unspecified atom stereocenters. The maximum atomic E-state index is 14.3. The van der Waals surface area contributed by atoms with Gasteiger partial charge in [0, 0.05) is 38.4 Å². The summed E-state index contributed by atoms with van der Waals surface area (Å²) in [4.78, 5) is 112. The summed E-state index contributed by atoms with van der Waals surface area (Å²) < 4.78 is 28.1. The molecule has 432 valence electrons. The highest BCUT2D eigenvalue weighted by atomic mass is 32.1. The Bertz CT molecular complexity index is 2880. The summed E-state index contributed by atoms with van der Waals surface area (Å²) in [7, 11) is 1.57. The van der Waals surface area contributed by atoms with Crippen LogP contribution in [0.15, 0.2) is 82.4 Å². The minimum atomic E-state index is -1.55. The largest absolute Gasteiger partial charge is 0.450 e. The summed E-state index contributed by atoms with van der Waals surface area (Å²) in [5.74, 6) is -2.31. The molecule has 4 N–H and O–H groups in total. The summed E-state index contributed by atoms with van der Waals surface area (Å²) in [6, 6.07) is 16.5. The molecule has 1 saturated heterocycles. The van der Waals surface area contributed by atoms with Crippen LogP contribution in [0.25, 0.3) is 0 Å². The Hall–Kier alpha value is -8.16. The number of nitrogens with one attached hydrogen (secondary N) is 4. The van der Waals surface area contributed by atoms with Crippen LogP contribution in [-0.4, -0.2) is 144 Å². The quantitative estimate of drug-likeness (QED) is 0.0145. The van der Waals surface area contributed by atoms with E-state index in [4.69, 9.17) is 28.5 Å². The van der Waals surface area contributed by atoms with Crippen molar-refractivity contribution in [1.82, 2.24) is 45.7 Å². The van der Waals surface area contributed by atoms with Gasteiger partial charge in [-0.1, -0.05) is 65.8 Å². The standard InChI is InChI=1S/C54H72N12O13S/c1-50(2,3)75-46(70)55-27-20-28-65(49(73)78-53(10,11)12)45(61-48(72)77-52(7,8)9)64(13)30-35-29-56-66(62-35)31-36-38(41(67)57-36)59-42(68)39(37-32-80-44(58-37)60-47(71)76-51(4,5)6)63-79-54(25-26-54)43(69)74-40(33-21-16-14-17-22-33)34-23-18-15-19-24-34/h14-19,21-24,29,32,36,38,40H,20,25-28,30-31H2,1-13H3,(H,55,70)(H,57,67)(H,59,68)(H,58,60,71)/b61-45+,63-39?/t36-,38-/m0/s1. The van der Waals surface area contributed by atoms with Gasteiger partial charge in [0.2, 0.25) is 17.5 Å². The molecule has 1 aliphatic heterocycles. The number of esters is 1. The topological polar surface area (TPSA) is 298 Å². The van der Waals surface area contributed by atoms with Crippen LogP contribution in [0.1, 0.15) is 131 Å². The number of alkyl carbamates (subject to hydrolysis) is 1. The van der Waals surface area contributed by atoms with Gasteiger partial charge in [0.15, 0.2) is 16.9 Å². The zero-order valence-electron chi connectivity index (χ0n) is 47.4. The summed E-state index contributed by atoms with van der Waals surface area (Å²) in [6.07, 6.45) is -1.98. The van der Waals surface area contributed by atoms with Gasteiger partial charge in [0.05, 0.1) is 25.3 Å². The zero-order valence-corrected chi connectivity index (χ0v) is 48.2. The molecule has 0 spiro atoms. The number of hydrogen-bond acceptors (Lipinski definition) is 18. The van der Waals surface area contributed by atoms with E-state index in [0.717, 1.165) is 27.4 Å². The number of aliphatic imine (C=N–C) groups is 1. The third-order valence-electron chi connectivity index (χ3n) is 11.0. The maximum Gasteiger partial charge on any atom is 0.437 e. The minimum absolute atomic E-state index is 0.0451. The van der Waals surface area contributed by atoms with Gasteiger partial charge >= 0.3 is 30.3 Å². The second kappa shape index (κ2) is 25.3. The van der Waals surface area contributed by atoms with Crippen LogP contribution in [0.2, 0.25) is 0 Å². The van der Waals surface area contributed by atoms with Crippen LogP contribution in [0.5, 0.6) is 0 Å². The van der Waals surface area contributed by atoms with Crippen LogP contribution in [0, 0.1) is 0 Å². The molecule has 6 amide bonds. The van der Waals surface area contributed by atoms with E-state index in [2.05, 4.69) is 46.6 Å². The first-order valence-corrected chi connectivity index (χ1v) is 26.8. The third-order valence-corrected chi connectivity index (χ3v) is 11.8. The Morgan fingerprint density at radius 2 is 1.41 bits per heavy atom. The average molecular weight is 1130 g/mol. The highest BCUT2D eigenvalue weighted by Gasteiger charge is 2.57. The van der Waals surface area contributed by atoms with E-state index in [1.807, 2.05) is 60.7 Å². The molecule has 25 nitrogen and oxygen atoms in total. The SMILES string of the molecule is CN(Cc1cnn(C[C@@H]2NC(=O)[C@H]2NC(=O)C(=NOC2(C(=O)OC(c3ccccc3)c3ccccc3)CC2)c2csc(NC(=O)OC(C)(C)C)n2)n1)/C(=N\C(=O)OC(C)(C)C)N(CCCNC(=O)OC(C)(C)C)C(=O)OC(C)(C)C. The van der Waals surface area contributed by atoms with Crippen molar-refractivity contribution in [3.8, 4) is 0 Å². The van der Waals surface area contributed by atoms with Crippen LogP contribution in [0.4, 0.5) is 24.3 Å². The average Bonchev–Trinajstić information content (AvgIpc) is 3.82. The Balaban J connectivity index is 1.19. The van der Waals surface area contributed by atoms with Crippen LogP contribution in [-0.2, 0) is 56.0 Å². The van der Waals surface area contributed by atoms with Crippen molar-refractivity contribution in [3.63, 3.8) is 0 Å². The molecule has 26 heteroatoms. The molecule has 2 atom stereocenters. The number of thiazole rings is 1. The Morgan fingerprint density at radius 3 is 1.98 bits per heavy atom. The van der Waals surface area contributed by atoms with E-state index >= 15 is 0 Å². The lowest BCUT2D eigenvalue weighted by molar-refractivity contribution is -0.164. The molecule has 0 radical (unpaired) electrons. The van der Waals surface area contributed by atoms with Crippen LogP contribution >= 0.6 is 11.3 Å². The molecule has 6 rings (SSSR count). The summed E-state index contributed by atoms with van der Waals surface area (Å²) >= 11 is 0.967. The molecule has 2 aromatic heterocycles. The van der Waals surface area contributed by atoms with Crippen molar-refractivity contribution >= 4 is 70.3 Å². The van der Waals surface area contributed by atoms with E-state index < -0.39 is 94.1 Å². The first kappa shape index (κ1) is 61.1. The number of carbonyl (C=O) groups is 7. The molecular weight excluding hydrogens is 1060 g/mol. The number of anilines is 1. The van der Waals surface area contributed by atoms with Crippen molar-refractivity contribution in [2.24, 2.45) is 10.1 Å². The highest BCUT2D eigenvalue weighted by Crippen LogP contribution is 2.43. The fraction of sp³-hybridized carbons (Fsp3) is 0.519. The lowest BCUT2D eigenvalue weighted by Crippen LogP contribution is -2.70. The monoisotopic (exact) mass is 1130 g/mol. The number of oxime groups is 1. The molecule has 2 fully saturated rings. The Labute approximate surface area is 468 Å². The van der Waals surface area contributed by atoms with Crippen molar-refractivity contribution in [2.45, 2.75) is 162 Å². The zero-order chi connectivity index (χ0) is 58.8. The van der Waals surface area contributed by atoms with Gasteiger partial charge in [0.1, 0.15) is 39.8 Å². The van der Waals surface area contributed by atoms with Gasteiger partial charge in [-0.3, -0.25) is 14.9 Å². The van der Waals surface area contributed by atoms with E-state index in [0.29, 0.717) is 5.69 Å². The predicted molar refractivity (Wildman–Crippen MR) is 293 cm³/mol. The molecule has 2 aliphatic rings. The number of β-lactam (4-membered cyclic amide) rings is 1. The number of amides is 6. The van der Waals surface area contributed by atoms with Crippen molar-refractivity contribution in [1.29, 1.82) is 0 Å². The van der Waals surface area contributed by atoms with E-state index in [1.165, 1.54) is 21.3 Å². The number of guanidine groups is 1. The summed E-state index contributed by atoms with van der Waals surface area (Å²) in [5.41, 5.74) is -3.67. The summed E-state index contributed by atoms with van der Waals surface area (Å²) in [6.45, 7) is 20.3. The molecule has 1 aliphatic carbocycles. The van der Waals surface area contributed by atoms with Gasteiger partial charge in [0.25, 0.3) is 5.91 Å². The number of aromatic nitrogens is 4. The first-order chi connectivity index (χ1) is 37.4. The van der Waals surface area contributed by atoms with Crippen LogP contribution in [0.3, 0.4) is 0 Å². The number of rotatable bonds is 18. The maximum absolute atomic E-state index is 14.3. The van der Waals surface area contributed by atoms with Crippen LogP contribution < -0.4 is 21.3 Å². The van der Waals surface area contributed by atoms with Crippen molar-refractivity contribution in [2.75, 3.05) is 25.5 Å². The fourth-order valence-electron chi connectivity index (χ4n) is 7.42. The second-order valence-electron chi connectivity index (χ2n) is 22.9. The third kappa shape index (κ3) is 18.5.